The fourth-order valence-corrected chi connectivity index (χ4v) is 2.43. The van der Waals surface area contributed by atoms with Gasteiger partial charge in [0.15, 0.2) is 6.10 Å². The van der Waals surface area contributed by atoms with Crippen LogP contribution in [0.5, 0.6) is 5.75 Å². The number of hydrogen-bond donors (Lipinski definition) is 2. The van der Waals surface area contributed by atoms with E-state index in [1.54, 1.807) is 25.1 Å². The van der Waals surface area contributed by atoms with Crippen molar-refractivity contribution < 1.29 is 14.6 Å². The van der Waals surface area contributed by atoms with Gasteiger partial charge in [0.05, 0.1) is 16.6 Å². The molecule has 104 valence electrons. The molecule has 6 heteroatoms. The molecule has 1 aliphatic rings. The number of benzene rings is 1. The first-order chi connectivity index (χ1) is 8.96. The van der Waals surface area contributed by atoms with Gasteiger partial charge in [-0.15, -0.1) is 0 Å². The number of amides is 1. The van der Waals surface area contributed by atoms with Crippen LogP contribution >= 0.6 is 27.5 Å². The second-order valence-electron chi connectivity index (χ2n) is 4.76. The summed E-state index contributed by atoms with van der Waals surface area (Å²) in [6, 6.07) is 5.11. The minimum atomic E-state index is -0.637. The van der Waals surface area contributed by atoms with Crippen LogP contribution in [0.1, 0.15) is 19.8 Å². The third-order valence-electron chi connectivity index (χ3n) is 3.11. The number of carbonyl (C=O) groups excluding carboxylic acids is 1. The lowest BCUT2D eigenvalue weighted by Gasteiger charge is -2.19. The molecule has 1 saturated carbocycles. The van der Waals surface area contributed by atoms with Crippen LogP contribution in [0.4, 0.5) is 0 Å². The van der Waals surface area contributed by atoms with E-state index in [0.29, 0.717) is 15.2 Å². The molecule has 0 saturated heterocycles. The van der Waals surface area contributed by atoms with Gasteiger partial charge in [-0.1, -0.05) is 11.6 Å². The van der Waals surface area contributed by atoms with Crippen LogP contribution in [0.2, 0.25) is 5.02 Å². The fraction of sp³-hybridized carbons (Fsp3) is 0.462. The Morgan fingerprint density at radius 3 is 2.84 bits per heavy atom. The van der Waals surface area contributed by atoms with Crippen LogP contribution < -0.4 is 10.1 Å². The van der Waals surface area contributed by atoms with Gasteiger partial charge in [-0.05, 0) is 53.9 Å². The zero-order valence-electron chi connectivity index (χ0n) is 10.5. The Morgan fingerprint density at radius 1 is 1.63 bits per heavy atom. The number of aliphatic hydroxyl groups is 1. The van der Waals surface area contributed by atoms with Gasteiger partial charge >= 0.3 is 0 Å². The highest BCUT2D eigenvalue weighted by Gasteiger charge is 2.44. The Morgan fingerprint density at radius 2 is 2.32 bits per heavy atom. The van der Waals surface area contributed by atoms with Crippen LogP contribution in [0.15, 0.2) is 22.7 Å². The average Bonchev–Trinajstić information content (AvgIpc) is 3.13. The average molecular weight is 349 g/mol. The summed E-state index contributed by atoms with van der Waals surface area (Å²) in [5.74, 6) is 0.328. The van der Waals surface area contributed by atoms with Gasteiger partial charge in [0.25, 0.3) is 5.91 Å². The van der Waals surface area contributed by atoms with Gasteiger partial charge in [-0.25, -0.2) is 0 Å². The summed E-state index contributed by atoms with van der Waals surface area (Å²) in [7, 11) is 0. The predicted molar refractivity (Wildman–Crippen MR) is 76.4 cm³/mol. The van der Waals surface area contributed by atoms with Crippen LogP contribution in [0.3, 0.4) is 0 Å². The van der Waals surface area contributed by atoms with Crippen LogP contribution in [-0.2, 0) is 4.79 Å². The van der Waals surface area contributed by atoms with Crippen molar-refractivity contribution in [2.45, 2.75) is 31.4 Å². The zero-order valence-corrected chi connectivity index (χ0v) is 12.8. The molecule has 1 aliphatic carbocycles. The summed E-state index contributed by atoms with van der Waals surface area (Å²) in [5, 5.41) is 12.6. The van der Waals surface area contributed by atoms with E-state index in [4.69, 9.17) is 16.3 Å². The molecule has 0 radical (unpaired) electrons. The number of nitrogens with one attached hydrogen (secondary N) is 1. The zero-order chi connectivity index (χ0) is 14.0. The van der Waals surface area contributed by atoms with Gasteiger partial charge in [-0.3, -0.25) is 4.79 Å². The second-order valence-corrected chi connectivity index (χ2v) is 6.05. The lowest BCUT2D eigenvalue weighted by molar-refractivity contribution is -0.128. The standard InChI is InChI=1S/C13H15BrClNO3/c1-8(12(18)16-13(7-17)4-5-13)19-11-3-2-9(15)6-10(11)14/h2-3,6,8,17H,4-5,7H2,1H3,(H,16,18). The van der Waals surface area contributed by atoms with Gasteiger partial charge < -0.3 is 15.2 Å². The Bertz CT molecular complexity index is 491. The molecule has 2 N–H and O–H groups in total. The molecule has 0 bridgehead atoms. The molecule has 1 atom stereocenters. The molecule has 19 heavy (non-hydrogen) atoms. The summed E-state index contributed by atoms with van der Waals surface area (Å²) < 4.78 is 6.28. The molecular formula is C13H15BrClNO3. The highest BCUT2D eigenvalue weighted by molar-refractivity contribution is 9.10. The normalized spacial score (nSPS) is 17.7. The topological polar surface area (TPSA) is 58.6 Å². The SMILES string of the molecule is CC(Oc1ccc(Cl)cc1Br)C(=O)NC1(CO)CC1. The van der Waals surface area contributed by atoms with E-state index in [1.807, 2.05) is 0 Å². The molecule has 1 fully saturated rings. The van der Waals surface area contributed by atoms with Crippen LogP contribution in [0, 0.1) is 0 Å². The van der Waals surface area contributed by atoms with E-state index < -0.39 is 11.6 Å². The quantitative estimate of drug-likeness (QED) is 0.859. The summed E-state index contributed by atoms with van der Waals surface area (Å²) in [6.07, 6.45) is 0.987. The minimum absolute atomic E-state index is 0.0316. The molecule has 4 nitrogen and oxygen atoms in total. The van der Waals surface area contributed by atoms with Crippen molar-refractivity contribution in [2.75, 3.05) is 6.61 Å². The van der Waals surface area contributed by atoms with E-state index in [0.717, 1.165) is 12.8 Å². The van der Waals surface area contributed by atoms with Gasteiger partial charge in [0.1, 0.15) is 5.75 Å². The fourth-order valence-electron chi connectivity index (χ4n) is 1.65. The number of hydrogen-bond acceptors (Lipinski definition) is 3. The lowest BCUT2D eigenvalue weighted by atomic mass is 10.2. The number of carbonyl (C=O) groups is 1. The first-order valence-electron chi connectivity index (χ1n) is 6.00. The van der Waals surface area contributed by atoms with Crippen molar-refractivity contribution in [3.63, 3.8) is 0 Å². The van der Waals surface area contributed by atoms with E-state index in [1.165, 1.54) is 0 Å². The maximum absolute atomic E-state index is 12.0. The molecule has 1 unspecified atom stereocenters. The summed E-state index contributed by atoms with van der Waals surface area (Å²) >= 11 is 9.17. The van der Waals surface area contributed by atoms with E-state index in [9.17, 15) is 9.90 Å². The highest BCUT2D eigenvalue weighted by Crippen LogP contribution is 2.35. The molecule has 1 amide bonds. The van der Waals surface area contributed by atoms with Crippen molar-refractivity contribution in [1.29, 1.82) is 0 Å². The monoisotopic (exact) mass is 347 g/mol. The number of rotatable bonds is 5. The first kappa shape index (κ1) is 14.6. The van der Waals surface area contributed by atoms with Crippen molar-refractivity contribution in [1.82, 2.24) is 5.32 Å². The number of aliphatic hydroxyl groups excluding tert-OH is 1. The molecule has 1 aromatic rings. The lowest BCUT2D eigenvalue weighted by Crippen LogP contribution is -2.45. The Labute approximate surface area is 125 Å². The number of halogens is 2. The van der Waals surface area contributed by atoms with E-state index in [2.05, 4.69) is 21.2 Å². The van der Waals surface area contributed by atoms with Crippen molar-refractivity contribution in [3.05, 3.63) is 27.7 Å². The Balaban J connectivity index is 1.96. The van der Waals surface area contributed by atoms with Crippen molar-refractivity contribution >= 4 is 33.4 Å². The summed E-state index contributed by atoms with van der Waals surface area (Å²) in [5.41, 5.74) is -0.425. The highest BCUT2D eigenvalue weighted by atomic mass is 79.9. The van der Waals surface area contributed by atoms with Gasteiger partial charge in [-0.2, -0.15) is 0 Å². The maximum atomic E-state index is 12.0. The smallest absolute Gasteiger partial charge is 0.261 e. The molecule has 2 rings (SSSR count). The van der Waals surface area contributed by atoms with Crippen molar-refractivity contribution in [3.8, 4) is 5.75 Å². The minimum Gasteiger partial charge on any atom is -0.480 e. The van der Waals surface area contributed by atoms with Crippen molar-refractivity contribution in [2.24, 2.45) is 0 Å². The van der Waals surface area contributed by atoms with Gasteiger partial charge in [0.2, 0.25) is 0 Å². The third-order valence-corrected chi connectivity index (χ3v) is 3.97. The molecule has 1 aromatic carbocycles. The van der Waals surface area contributed by atoms with Crippen LogP contribution in [0.25, 0.3) is 0 Å². The van der Waals surface area contributed by atoms with Crippen LogP contribution in [-0.4, -0.2) is 29.3 Å². The molecule has 0 spiro atoms. The number of ether oxygens (including phenoxy) is 1. The molecular weight excluding hydrogens is 334 g/mol. The Kier molecular flexibility index (Phi) is 4.38. The predicted octanol–water partition coefficient (Wildman–Crippen LogP) is 2.51. The molecule has 0 heterocycles. The third kappa shape index (κ3) is 3.61. The molecule has 0 aromatic heterocycles. The summed E-state index contributed by atoms with van der Waals surface area (Å²) in [6.45, 7) is 1.64. The maximum Gasteiger partial charge on any atom is 0.261 e. The molecule has 0 aliphatic heterocycles. The van der Waals surface area contributed by atoms with E-state index >= 15 is 0 Å². The van der Waals surface area contributed by atoms with E-state index in [-0.39, 0.29) is 12.5 Å². The Hall–Kier alpha value is -0.780. The van der Waals surface area contributed by atoms with Gasteiger partial charge in [0, 0.05) is 5.02 Å². The summed E-state index contributed by atoms with van der Waals surface area (Å²) in [4.78, 5) is 12.0. The second kappa shape index (κ2) is 5.69. The largest absolute Gasteiger partial charge is 0.480 e. The first-order valence-corrected chi connectivity index (χ1v) is 7.17.